The SMILES string of the molecule is Clc1ccc2c(N3CCCC(c4ncc[nH]4)C3)ccnc2c1. The third kappa shape index (κ3) is 2.44. The van der Waals surface area contributed by atoms with Crippen molar-refractivity contribution in [2.45, 2.75) is 18.8 Å². The van der Waals surface area contributed by atoms with Gasteiger partial charge in [-0.1, -0.05) is 11.6 Å². The molecule has 5 heteroatoms. The maximum atomic E-state index is 6.08. The van der Waals surface area contributed by atoms with Gasteiger partial charge in [-0.05, 0) is 37.1 Å². The van der Waals surface area contributed by atoms with Gasteiger partial charge in [0.1, 0.15) is 5.82 Å². The number of hydrogen-bond donors (Lipinski definition) is 1. The van der Waals surface area contributed by atoms with Gasteiger partial charge in [-0.15, -0.1) is 0 Å². The van der Waals surface area contributed by atoms with Crippen LogP contribution >= 0.6 is 11.6 Å². The van der Waals surface area contributed by atoms with Gasteiger partial charge in [-0.25, -0.2) is 4.98 Å². The number of hydrogen-bond acceptors (Lipinski definition) is 3. The van der Waals surface area contributed by atoms with E-state index in [1.165, 1.54) is 18.5 Å². The molecule has 0 radical (unpaired) electrons. The first kappa shape index (κ1) is 13.6. The van der Waals surface area contributed by atoms with Gasteiger partial charge in [0.15, 0.2) is 0 Å². The van der Waals surface area contributed by atoms with E-state index in [0.717, 1.165) is 34.8 Å². The Labute approximate surface area is 134 Å². The van der Waals surface area contributed by atoms with E-state index in [9.17, 15) is 0 Å². The third-order valence-corrected chi connectivity index (χ3v) is 4.59. The number of H-pyrrole nitrogens is 1. The average molecular weight is 313 g/mol. The fourth-order valence-electron chi connectivity index (χ4n) is 3.30. The number of halogens is 1. The molecule has 1 atom stereocenters. The van der Waals surface area contributed by atoms with Crippen LogP contribution in [0.3, 0.4) is 0 Å². The molecule has 1 saturated heterocycles. The number of piperidine rings is 1. The van der Waals surface area contributed by atoms with Crippen LogP contribution in [0.2, 0.25) is 5.02 Å². The summed E-state index contributed by atoms with van der Waals surface area (Å²) in [6, 6.07) is 8.02. The normalized spacial score (nSPS) is 18.8. The molecule has 1 unspecified atom stereocenters. The highest BCUT2D eigenvalue weighted by Gasteiger charge is 2.24. The molecule has 22 heavy (non-hydrogen) atoms. The fraction of sp³-hybridized carbons (Fsp3) is 0.294. The fourth-order valence-corrected chi connectivity index (χ4v) is 3.47. The highest BCUT2D eigenvalue weighted by atomic mass is 35.5. The number of aromatic nitrogens is 3. The number of aromatic amines is 1. The Bertz CT molecular complexity index is 784. The van der Waals surface area contributed by atoms with Crippen molar-refractivity contribution in [3.05, 3.63) is 53.7 Å². The summed E-state index contributed by atoms with van der Waals surface area (Å²) in [6.45, 7) is 2.05. The van der Waals surface area contributed by atoms with E-state index >= 15 is 0 Å². The highest BCUT2D eigenvalue weighted by Crippen LogP contribution is 2.32. The molecule has 0 amide bonds. The van der Waals surface area contributed by atoms with E-state index in [1.807, 2.05) is 30.7 Å². The number of anilines is 1. The highest BCUT2D eigenvalue weighted by molar-refractivity contribution is 6.31. The van der Waals surface area contributed by atoms with Crippen LogP contribution in [-0.2, 0) is 0 Å². The minimum absolute atomic E-state index is 0.458. The van der Waals surface area contributed by atoms with Crippen LogP contribution in [-0.4, -0.2) is 28.0 Å². The summed E-state index contributed by atoms with van der Waals surface area (Å²) in [5.41, 5.74) is 2.18. The molecule has 0 saturated carbocycles. The van der Waals surface area contributed by atoms with Crippen LogP contribution < -0.4 is 4.90 Å². The van der Waals surface area contributed by atoms with E-state index in [0.29, 0.717) is 5.92 Å². The molecule has 0 spiro atoms. The molecule has 1 aliphatic heterocycles. The minimum atomic E-state index is 0.458. The van der Waals surface area contributed by atoms with E-state index in [1.54, 1.807) is 0 Å². The summed E-state index contributed by atoms with van der Waals surface area (Å²) >= 11 is 6.08. The van der Waals surface area contributed by atoms with Gasteiger partial charge in [0.25, 0.3) is 0 Å². The molecule has 4 nitrogen and oxygen atoms in total. The van der Waals surface area contributed by atoms with Crippen molar-refractivity contribution in [2.24, 2.45) is 0 Å². The Morgan fingerprint density at radius 2 is 2.14 bits per heavy atom. The van der Waals surface area contributed by atoms with Crippen molar-refractivity contribution in [2.75, 3.05) is 18.0 Å². The zero-order chi connectivity index (χ0) is 14.9. The summed E-state index contributed by atoms with van der Waals surface area (Å²) in [7, 11) is 0. The van der Waals surface area contributed by atoms with Crippen molar-refractivity contribution in [1.82, 2.24) is 15.0 Å². The van der Waals surface area contributed by atoms with Gasteiger partial charge in [-0.3, -0.25) is 4.98 Å². The molecular weight excluding hydrogens is 296 g/mol. The summed E-state index contributed by atoms with van der Waals surface area (Å²) in [6.07, 6.45) is 7.95. The Hall–Kier alpha value is -2.07. The number of fused-ring (bicyclic) bond motifs is 1. The lowest BCUT2D eigenvalue weighted by Gasteiger charge is -2.34. The second-order valence-corrected chi connectivity index (χ2v) is 6.19. The van der Waals surface area contributed by atoms with Gasteiger partial charge in [0.2, 0.25) is 0 Å². The molecular formula is C17H17ClN4. The predicted molar refractivity (Wildman–Crippen MR) is 89.5 cm³/mol. The Kier molecular flexibility index (Phi) is 3.47. The van der Waals surface area contributed by atoms with Crippen molar-refractivity contribution in [3.63, 3.8) is 0 Å². The van der Waals surface area contributed by atoms with E-state index in [4.69, 9.17) is 11.6 Å². The van der Waals surface area contributed by atoms with Gasteiger partial charge in [0.05, 0.1) is 5.52 Å². The monoisotopic (exact) mass is 312 g/mol. The van der Waals surface area contributed by atoms with Crippen LogP contribution in [0.1, 0.15) is 24.6 Å². The number of rotatable bonds is 2. The first-order chi connectivity index (χ1) is 10.8. The maximum Gasteiger partial charge on any atom is 0.110 e. The number of benzene rings is 1. The first-order valence-corrected chi connectivity index (χ1v) is 7.97. The molecule has 1 aliphatic rings. The number of nitrogens with one attached hydrogen (secondary N) is 1. The predicted octanol–water partition coefficient (Wildman–Crippen LogP) is 4.00. The lowest BCUT2D eigenvalue weighted by atomic mass is 9.96. The quantitative estimate of drug-likeness (QED) is 0.778. The topological polar surface area (TPSA) is 44.8 Å². The van der Waals surface area contributed by atoms with Gasteiger partial charge >= 0.3 is 0 Å². The maximum absolute atomic E-state index is 6.08. The Balaban J connectivity index is 1.69. The number of pyridine rings is 1. The zero-order valence-electron chi connectivity index (χ0n) is 12.2. The van der Waals surface area contributed by atoms with Crippen molar-refractivity contribution < 1.29 is 0 Å². The van der Waals surface area contributed by atoms with E-state index < -0.39 is 0 Å². The van der Waals surface area contributed by atoms with Crippen LogP contribution in [0, 0.1) is 0 Å². The summed E-state index contributed by atoms with van der Waals surface area (Å²) in [4.78, 5) is 14.6. The Morgan fingerprint density at radius 1 is 1.18 bits per heavy atom. The molecule has 2 aromatic heterocycles. The standard InChI is InChI=1S/C17H17ClN4/c18-13-3-4-14-15(10-13)19-6-5-16(14)22-9-1-2-12(11-22)17-20-7-8-21-17/h3-8,10,12H,1-2,9,11H2,(H,20,21). The lowest BCUT2D eigenvalue weighted by molar-refractivity contribution is 0.495. The molecule has 3 aromatic rings. The van der Waals surface area contributed by atoms with E-state index in [-0.39, 0.29) is 0 Å². The van der Waals surface area contributed by atoms with Gasteiger partial charge < -0.3 is 9.88 Å². The molecule has 3 heterocycles. The second-order valence-electron chi connectivity index (χ2n) is 5.75. The van der Waals surface area contributed by atoms with E-state index in [2.05, 4.69) is 32.0 Å². The summed E-state index contributed by atoms with van der Waals surface area (Å²) in [5, 5.41) is 1.89. The number of nitrogens with zero attached hydrogens (tertiary/aromatic N) is 3. The Morgan fingerprint density at radius 3 is 3.00 bits per heavy atom. The van der Waals surface area contributed by atoms with Crippen LogP contribution in [0.15, 0.2) is 42.9 Å². The van der Waals surface area contributed by atoms with Crippen molar-refractivity contribution >= 4 is 28.2 Å². The van der Waals surface area contributed by atoms with Crippen molar-refractivity contribution in [1.29, 1.82) is 0 Å². The molecule has 0 aliphatic carbocycles. The lowest BCUT2D eigenvalue weighted by Crippen LogP contribution is -2.34. The van der Waals surface area contributed by atoms with Gasteiger partial charge in [0, 0.05) is 53.7 Å². The van der Waals surface area contributed by atoms with Gasteiger partial charge in [-0.2, -0.15) is 0 Å². The van der Waals surface area contributed by atoms with Crippen LogP contribution in [0.4, 0.5) is 5.69 Å². The first-order valence-electron chi connectivity index (χ1n) is 7.60. The zero-order valence-corrected chi connectivity index (χ0v) is 12.9. The number of imidazole rings is 1. The summed E-state index contributed by atoms with van der Waals surface area (Å²) in [5.74, 6) is 1.55. The average Bonchev–Trinajstić information content (AvgIpc) is 3.08. The van der Waals surface area contributed by atoms with Crippen molar-refractivity contribution in [3.8, 4) is 0 Å². The molecule has 112 valence electrons. The molecule has 1 fully saturated rings. The minimum Gasteiger partial charge on any atom is -0.370 e. The summed E-state index contributed by atoms with van der Waals surface area (Å²) < 4.78 is 0. The molecule has 4 rings (SSSR count). The largest absolute Gasteiger partial charge is 0.370 e. The molecule has 0 bridgehead atoms. The van der Waals surface area contributed by atoms with Crippen LogP contribution in [0.5, 0.6) is 0 Å². The second kappa shape index (κ2) is 5.61. The van der Waals surface area contributed by atoms with Crippen LogP contribution in [0.25, 0.3) is 10.9 Å². The third-order valence-electron chi connectivity index (χ3n) is 4.35. The molecule has 1 aromatic carbocycles. The smallest absolute Gasteiger partial charge is 0.110 e. The molecule has 1 N–H and O–H groups in total.